The summed E-state index contributed by atoms with van der Waals surface area (Å²) in [6.07, 6.45) is 56.4. The maximum atomic E-state index is 12.4. The highest BCUT2D eigenvalue weighted by molar-refractivity contribution is 5.76. The van der Waals surface area contributed by atoms with E-state index in [9.17, 15) is 15.0 Å². The van der Waals surface area contributed by atoms with Gasteiger partial charge in [-0.25, -0.2) is 0 Å². The van der Waals surface area contributed by atoms with Gasteiger partial charge in [0.1, 0.15) is 0 Å². The summed E-state index contributed by atoms with van der Waals surface area (Å²) in [6.45, 7) is 4.38. The molecule has 0 aromatic heterocycles. The second-order valence-electron chi connectivity index (χ2n) is 17.3. The zero-order valence-corrected chi connectivity index (χ0v) is 36.6. The largest absolute Gasteiger partial charge is 0.394 e. The summed E-state index contributed by atoms with van der Waals surface area (Å²) in [5.74, 6) is -0.0252. The van der Waals surface area contributed by atoms with Gasteiger partial charge in [0.15, 0.2) is 0 Å². The van der Waals surface area contributed by atoms with Gasteiger partial charge in [0.05, 0.1) is 18.8 Å². The van der Waals surface area contributed by atoms with Gasteiger partial charge >= 0.3 is 0 Å². The molecule has 2 unspecified atom stereocenters. The van der Waals surface area contributed by atoms with Crippen molar-refractivity contribution in [3.8, 4) is 0 Å². The van der Waals surface area contributed by atoms with E-state index in [0.717, 1.165) is 25.7 Å². The van der Waals surface area contributed by atoms with Crippen LogP contribution in [0, 0.1) is 0 Å². The third-order valence-corrected chi connectivity index (χ3v) is 11.9. The number of carbonyl (C=O) groups excluding carboxylic acids is 1. The van der Waals surface area contributed by atoms with E-state index in [1.807, 2.05) is 0 Å². The second-order valence-corrected chi connectivity index (χ2v) is 17.3. The molecule has 0 aliphatic rings. The Morgan fingerprint density at radius 1 is 0.377 bits per heavy atom. The normalized spacial score (nSPS) is 12.8. The van der Waals surface area contributed by atoms with Crippen molar-refractivity contribution in [2.45, 2.75) is 302 Å². The van der Waals surface area contributed by atoms with Gasteiger partial charge in [0, 0.05) is 6.42 Å². The van der Waals surface area contributed by atoms with Crippen LogP contribution in [0.2, 0.25) is 0 Å². The Hall–Kier alpha value is -0.610. The van der Waals surface area contributed by atoms with Crippen LogP contribution in [0.4, 0.5) is 0 Å². The molecular formula is C49H99NO3. The van der Waals surface area contributed by atoms with Crippen molar-refractivity contribution in [3.05, 3.63) is 0 Å². The molecule has 0 bridgehead atoms. The molecule has 0 radical (unpaired) electrons. The lowest BCUT2D eigenvalue weighted by molar-refractivity contribution is -0.123. The molecular weight excluding hydrogens is 651 g/mol. The van der Waals surface area contributed by atoms with E-state index in [-0.39, 0.29) is 12.5 Å². The zero-order chi connectivity index (χ0) is 38.6. The first kappa shape index (κ1) is 52.4. The molecule has 0 saturated carbocycles. The lowest BCUT2D eigenvalue weighted by Gasteiger charge is -2.22. The zero-order valence-electron chi connectivity index (χ0n) is 36.6. The number of carbonyl (C=O) groups is 1. The fourth-order valence-electron chi connectivity index (χ4n) is 8.07. The predicted molar refractivity (Wildman–Crippen MR) is 235 cm³/mol. The van der Waals surface area contributed by atoms with Crippen LogP contribution in [-0.4, -0.2) is 34.9 Å². The first-order chi connectivity index (χ1) is 26.2. The van der Waals surface area contributed by atoms with Crippen LogP contribution < -0.4 is 5.32 Å². The maximum absolute atomic E-state index is 12.4. The molecule has 53 heavy (non-hydrogen) atoms. The SMILES string of the molecule is CCCCCCCCCCCCCCCCCCCCCCCCCCCCCCCC(=O)NC(CO)C(O)CCCCCCCCCCCCCC. The number of hydrogen-bond acceptors (Lipinski definition) is 3. The molecule has 0 aromatic rings. The quantitative estimate of drug-likeness (QED) is 0.0543. The summed E-state index contributed by atoms with van der Waals surface area (Å²) in [4.78, 5) is 12.4. The highest BCUT2D eigenvalue weighted by Crippen LogP contribution is 2.18. The number of unbranched alkanes of at least 4 members (excludes halogenated alkanes) is 39. The van der Waals surface area contributed by atoms with Crippen molar-refractivity contribution in [3.63, 3.8) is 0 Å². The van der Waals surface area contributed by atoms with Crippen molar-refractivity contribution in [2.75, 3.05) is 6.61 Å². The summed E-state index contributed by atoms with van der Waals surface area (Å²) in [5, 5.41) is 23.2. The summed E-state index contributed by atoms with van der Waals surface area (Å²) in [7, 11) is 0. The summed E-state index contributed by atoms with van der Waals surface area (Å²) >= 11 is 0. The molecule has 0 aliphatic heterocycles. The molecule has 0 rings (SSSR count). The van der Waals surface area contributed by atoms with E-state index in [4.69, 9.17) is 0 Å². The third kappa shape index (κ3) is 42.4. The Labute approximate surface area is 334 Å². The van der Waals surface area contributed by atoms with Crippen LogP contribution in [0.3, 0.4) is 0 Å². The molecule has 1 amide bonds. The Morgan fingerprint density at radius 2 is 0.604 bits per heavy atom. The van der Waals surface area contributed by atoms with E-state index in [1.165, 1.54) is 238 Å². The molecule has 2 atom stereocenters. The molecule has 0 saturated heterocycles. The van der Waals surface area contributed by atoms with E-state index in [0.29, 0.717) is 12.8 Å². The van der Waals surface area contributed by atoms with Crippen molar-refractivity contribution in [1.29, 1.82) is 0 Å². The first-order valence-electron chi connectivity index (χ1n) is 24.7. The van der Waals surface area contributed by atoms with Gasteiger partial charge in [-0.15, -0.1) is 0 Å². The standard InChI is InChI=1S/C49H99NO3/c1-3-5-7-9-11-13-15-17-18-19-20-21-22-23-24-25-26-27-28-29-30-31-32-33-35-37-39-41-43-45-49(53)50-47(46-51)48(52)44-42-40-38-36-34-16-14-12-10-8-6-4-2/h47-48,51-52H,3-46H2,1-2H3,(H,50,53). The van der Waals surface area contributed by atoms with Gasteiger partial charge in [0.25, 0.3) is 0 Å². The minimum absolute atomic E-state index is 0.0252. The topological polar surface area (TPSA) is 69.6 Å². The van der Waals surface area contributed by atoms with Crippen molar-refractivity contribution < 1.29 is 15.0 Å². The molecule has 4 nitrogen and oxygen atoms in total. The van der Waals surface area contributed by atoms with Gasteiger partial charge in [-0.3, -0.25) is 4.79 Å². The average Bonchev–Trinajstić information content (AvgIpc) is 3.16. The van der Waals surface area contributed by atoms with Crippen LogP contribution >= 0.6 is 0 Å². The number of aliphatic hydroxyl groups excluding tert-OH is 2. The summed E-state index contributed by atoms with van der Waals surface area (Å²) < 4.78 is 0. The van der Waals surface area contributed by atoms with E-state index >= 15 is 0 Å². The van der Waals surface area contributed by atoms with Crippen LogP contribution in [-0.2, 0) is 4.79 Å². The Kier molecular flexibility index (Phi) is 45.3. The molecule has 4 heteroatoms. The van der Waals surface area contributed by atoms with Gasteiger partial charge in [-0.1, -0.05) is 271 Å². The molecule has 0 spiro atoms. The van der Waals surface area contributed by atoms with Crippen LogP contribution in [0.1, 0.15) is 290 Å². The maximum Gasteiger partial charge on any atom is 0.220 e. The molecule has 0 fully saturated rings. The van der Waals surface area contributed by atoms with Gasteiger partial charge in [-0.05, 0) is 12.8 Å². The lowest BCUT2D eigenvalue weighted by Crippen LogP contribution is -2.45. The fraction of sp³-hybridized carbons (Fsp3) is 0.980. The first-order valence-corrected chi connectivity index (χ1v) is 24.7. The number of nitrogens with one attached hydrogen (secondary N) is 1. The van der Waals surface area contributed by atoms with Crippen molar-refractivity contribution in [2.24, 2.45) is 0 Å². The summed E-state index contributed by atoms with van der Waals surface area (Å²) in [6, 6.07) is -0.529. The van der Waals surface area contributed by atoms with Crippen molar-refractivity contribution >= 4 is 5.91 Å². The number of hydrogen-bond donors (Lipinski definition) is 3. The summed E-state index contributed by atoms with van der Waals surface area (Å²) in [5.41, 5.74) is 0. The lowest BCUT2D eigenvalue weighted by atomic mass is 10.0. The number of rotatable bonds is 46. The van der Waals surface area contributed by atoms with E-state index in [2.05, 4.69) is 19.2 Å². The molecule has 318 valence electrons. The second kappa shape index (κ2) is 45.8. The highest BCUT2D eigenvalue weighted by atomic mass is 16.3. The number of amides is 1. The molecule has 0 aromatic carbocycles. The fourth-order valence-corrected chi connectivity index (χ4v) is 8.07. The Bertz CT molecular complexity index is 685. The van der Waals surface area contributed by atoms with Crippen LogP contribution in [0.5, 0.6) is 0 Å². The average molecular weight is 750 g/mol. The minimum atomic E-state index is -0.652. The predicted octanol–water partition coefficient (Wildman–Crippen LogP) is 15.6. The van der Waals surface area contributed by atoms with Gasteiger partial charge in [0.2, 0.25) is 5.91 Å². The minimum Gasteiger partial charge on any atom is -0.394 e. The monoisotopic (exact) mass is 750 g/mol. The van der Waals surface area contributed by atoms with E-state index < -0.39 is 12.1 Å². The number of aliphatic hydroxyl groups is 2. The van der Waals surface area contributed by atoms with E-state index in [1.54, 1.807) is 0 Å². The van der Waals surface area contributed by atoms with Crippen LogP contribution in [0.15, 0.2) is 0 Å². The molecule has 3 N–H and O–H groups in total. The van der Waals surface area contributed by atoms with Crippen LogP contribution in [0.25, 0.3) is 0 Å². The Balaban J connectivity index is 3.37. The smallest absolute Gasteiger partial charge is 0.220 e. The third-order valence-electron chi connectivity index (χ3n) is 11.9. The highest BCUT2D eigenvalue weighted by Gasteiger charge is 2.20. The molecule has 0 aliphatic carbocycles. The molecule has 0 heterocycles. The van der Waals surface area contributed by atoms with Gasteiger partial charge in [-0.2, -0.15) is 0 Å². The Morgan fingerprint density at radius 3 is 0.849 bits per heavy atom. The van der Waals surface area contributed by atoms with Crippen molar-refractivity contribution in [1.82, 2.24) is 5.32 Å². The van der Waals surface area contributed by atoms with Gasteiger partial charge < -0.3 is 15.5 Å².